The van der Waals surface area contributed by atoms with Crippen LogP contribution >= 0.6 is 11.6 Å². The summed E-state index contributed by atoms with van der Waals surface area (Å²) in [5, 5.41) is 3.99. The normalized spacial score (nSPS) is 11.8. The third-order valence-electron chi connectivity index (χ3n) is 4.61. The molecule has 1 heterocycles. The van der Waals surface area contributed by atoms with Crippen molar-refractivity contribution in [1.82, 2.24) is 4.98 Å². The number of hydrogen-bond donors (Lipinski definition) is 1. The maximum atomic E-state index is 12.8. The van der Waals surface area contributed by atoms with E-state index in [0.29, 0.717) is 27.7 Å². The van der Waals surface area contributed by atoms with Crippen molar-refractivity contribution in [3.8, 4) is 5.75 Å². The van der Waals surface area contributed by atoms with E-state index < -0.39 is 18.0 Å². The molecule has 3 aromatic rings. The lowest BCUT2D eigenvalue weighted by Gasteiger charge is -2.17. The Morgan fingerprint density at radius 2 is 1.86 bits per heavy atom. The zero-order chi connectivity index (χ0) is 21.1. The zero-order valence-electron chi connectivity index (χ0n) is 16.6. The Labute approximate surface area is 173 Å². The Morgan fingerprint density at radius 1 is 1.14 bits per heavy atom. The van der Waals surface area contributed by atoms with Gasteiger partial charge in [-0.3, -0.25) is 9.78 Å². The Kier molecular flexibility index (Phi) is 6.03. The molecule has 7 heteroatoms. The molecule has 150 valence electrons. The standard InChI is InChI=1S/C22H21ClN2O4/c1-12-16-7-5-6-8-17(16)24-13(2)20(12)22(27)29-14(3)21(26)25-18-11-15(23)9-10-19(18)28-4/h5-11,14H,1-4H3,(H,25,26)/t14-/m0/s1. The second kappa shape index (κ2) is 8.49. The molecule has 0 aliphatic rings. The van der Waals surface area contributed by atoms with Gasteiger partial charge in [0.2, 0.25) is 0 Å². The van der Waals surface area contributed by atoms with Crippen molar-refractivity contribution in [2.24, 2.45) is 0 Å². The lowest BCUT2D eigenvalue weighted by molar-refractivity contribution is -0.123. The average Bonchev–Trinajstić information content (AvgIpc) is 2.68. The summed E-state index contributed by atoms with van der Waals surface area (Å²) in [7, 11) is 1.49. The van der Waals surface area contributed by atoms with Crippen LogP contribution in [0, 0.1) is 13.8 Å². The minimum absolute atomic E-state index is 0.365. The fraction of sp³-hybridized carbons (Fsp3) is 0.227. The van der Waals surface area contributed by atoms with Crippen LogP contribution in [-0.4, -0.2) is 30.1 Å². The van der Waals surface area contributed by atoms with Crippen molar-refractivity contribution >= 4 is 40.1 Å². The monoisotopic (exact) mass is 412 g/mol. The zero-order valence-corrected chi connectivity index (χ0v) is 17.3. The van der Waals surface area contributed by atoms with Gasteiger partial charge >= 0.3 is 5.97 Å². The molecule has 0 bridgehead atoms. The van der Waals surface area contributed by atoms with E-state index in [4.69, 9.17) is 21.1 Å². The Bertz CT molecular complexity index is 1100. The van der Waals surface area contributed by atoms with Gasteiger partial charge in [-0.1, -0.05) is 29.8 Å². The summed E-state index contributed by atoms with van der Waals surface area (Å²) >= 11 is 5.98. The summed E-state index contributed by atoms with van der Waals surface area (Å²) in [4.78, 5) is 29.8. The van der Waals surface area contributed by atoms with Gasteiger partial charge in [-0.2, -0.15) is 0 Å². The van der Waals surface area contributed by atoms with Crippen LogP contribution in [0.2, 0.25) is 5.02 Å². The molecule has 1 amide bonds. The number of hydrogen-bond acceptors (Lipinski definition) is 5. The summed E-state index contributed by atoms with van der Waals surface area (Å²) in [6, 6.07) is 12.4. The molecule has 3 rings (SSSR count). The van der Waals surface area contributed by atoms with Gasteiger partial charge in [-0.05, 0) is 50.6 Å². The van der Waals surface area contributed by atoms with Gasteiger partial charge in [0.15, 0.2) is 6.10 Å². The van der Waals surface area contributed by atoms with E-state index in [0.717, 1.165) is 16.5 Å². The van der Waals surface area contributed by atoms with Crippen LogP contribution in [0.3, 0.4) is 0 Å². The number of rotatable bonds is 5. The molecule has 0 unspecified atom stereocenters. The number of methoxy groups -OCH3 is 1. The summed E-state index contributed by atoms with van der Waals surface area (Å²) in [6.45, 7) is 5.09. The fourth-order valence-corrected chi connectivity index (χ4v) is 3.29. The molecule has 1 atom stereocenters. The van der Waals surface area contributed by atoms with Crippen LogP contribution in [0.1, 0.15) is 28.5 Å². The van der Waals surface area contributed by atoms with Crippen molar-refractivity contribution in [2.75, 3.05) is 12.4 Å². The smallest absolute Gasteiger partial charge is 0.341 e. The largest absolute Gasteiger partial charge is 0.495 e. The number of benzene rings is 2. The van der Waals surface area contributed by atoms with Crippen LogP contribution in [-0.2, 0) is 9.53 Å². The molecular weight excluding hydrogens is 392 g/mol. The van der Waals surface area contributed by atoms with Crippen LogP contribution in [0.5, 0.6) is 5.75 Å². The number of esters is 1. The Balaban J connectivity index is 1.80. The number of aromatic nitrogens is 1. The number of ether oxygens (including phenoxy) is 2. The molecule has 0 fully saturated rings. The molecule has 1 aromatic heterocycles. The van der Waals surface area contributed by atoms with E-state index in [1.54, 1.807) is 25.1 Å². The molecule has 1 N–H and O–H groups in total. The van der Waals surface area contributed by atoms with E-state index in [1.165, 1.54) is 14.0 Å². The lowest BCUT2D eigenvalue weighted by Crippen LogP contribution is -2.30. The highest BCUT2D eigenvalue weighted by atomic mass is 35.5. The molecule has 6 nitrogen and oxygen atoms in total. The van der Waals surface area contributed by atoms with Crippen LogP contribution in [0.15, 0.2) is 42.5 Å². The minimum Gasteiger partial charge on any atom is -0.495 e. The molecule has 0 saturated heterocycles. The van der Waals surface area contributed by atoms with E-state index in [9.17, 15) is 9.59 Å². The van der Waals surface area contributed by atoms with E-state index in [-0.39, 0.29) is 0 Å². The number of nitrogens with one attached hydrogen (secondary N) is 1. The van der Waals surface area contributed by atoms with E-state index >= 15 is 0 Å². The summed E-state index contributed by atoms with van der Waals surface area (Å²) in [6.07, 6.45) is -1.03. The predicted molar refractivity (Wildman–Crippen MR) is 113 cm³/mol. The minimum atomic E-state index is -1.03. The highest BCUT2D eigenvalue weighted by molar-refractivity contribution is 6.31. The first-order valence-electron chi connectivity index (χ1n) is 9.03. The van der Waals surface area contributed by atoms with Crippen molar-refractivity contribution in [3.05, 3.63) is 64.3 Å². The number of carbonyl (C=O) groups excluding carboxylic acids is 2. The van der Waals surface area contributed by atoms with Crippen LogP contribution in [0.4, 0.5) is 5.69 Å². The van der Waals surface area contributed by atoms with Crippen LogP contribution < -0.4 is 10.1 Å². The first-order valence-corrected chi connectivity index (χ1v) is 9.41. The quantitative estimate of drug-likeness (QED) is 0.614. The van der Waals surface area contributed by atoms with Crippen LogP contribution in [0.25, 0.3) is 10.9 Å². The second-order valence-corrected chi connectivity index (χ2v) is 7.03. The van der Waals surface area contributed by atoms with Gasteiger partial charge in [0, 0.05) is 10.4 Å². The number of fused-ring (bicyclic) bond motifs is 1. The lowest BCUT2D eigenvalue weighted by atomic mass is 10.0. The third kappa shape index (κ3) is 4.32. The number of anilines is 1. The van der Waals surface area contributed by atoms with Gasteiger partial charge in [0.05, 0.1) is 29.6 Å². The maximum absolute atomic E-state index is 12.8. The fourth-order valence-electron chi connectivity index (χ4n) is 3.12. The highest BCUT2D eigenvalue weighted by Crippen LogP contribution is 2.28. The van der Waals surface area contributed by atoms with Gasteiger partial charge in [0.25, 0.3) is 5.91 Å². The first-order chi connectivity index (χ1) is 13.8. The van der Waals surface area contributed by atoms with Crippen molar-refractivity contribution in [3.63, 3.8) is 0 Å². The third-order valence-corrected chi connectivity index (χ3v) is 4.84. The molecule has 0 spiro atoms. The molecule has 0 saturated carbocycles. The van der Waals surface area contributed by atoms with E-state index in [2.05, 4.69) is 10.3 Å². The Morgan fingerprint density at radius 3 is 2.59 bits per heavy atom. The molecule has 2 aromatic carbocycles. The SMILES string of the molecule is COc1ccc(Cl)cc1NC(=O)[C@H](C)OC(=O)c1c(C)nc2ccccc2c1C. The number of pyridine rings is 1. The number of halogens is 1. The average molecular weight is 413 g/mol. The Hall–Kier alpha value is -3.12. The maximum Gasteiger partial charge on any atom is 0.341 e. The molecular formula is C22H21ClN2O4. The second-order valence-electron chi connectivity index (χ2n) is 6.60. The van der Waals surface area contributed by atoms with Gasteiger partial charge in [-0.25, -0.2) is 4.79 Å². The number of para-hydroxylation sites is 1. The number of aryl methyl sites for hydroxylation is 2. The molecule has 29 heavy (non-hydrogen) atoms. The van der Waals surface area contributed by atoms with Gasteiger partial charge in [-0.15, -0.1) is 0 Å². The van der Waals surface area contributed by atoms with Gasteiger partial charge < -0.3 is 14.8 Å². The summed E-state index contributed by atoms with van der Waals surface area (Å²) in [5.74, 6) is -0.645. The van der Waals surface area contributed by atoms with Gasteiger partial charge in [0.1, 0.15) is 5.75 Å². The summed E-state index contributed by atoms with van der Waals surface area (Å²) in [5.41, 5.74) is 2.88. The van der Waals surface area contributed by atoms with Crippen molar-refractivity contribution in [2.45, 2.75) is 26.9 Å². The molecule has 0 aliphatic heterocycles. The summed E-state index contributed by atoms with van der Waals surface area (Å²) < 4.78 is 10.6. The number of amides is 1. The predicted octanol–water partition coefficient (Wildman–Crippen LogP) is 4.70. The topological polar surface area (TPSA) is 77.5 Å². The van der Waals surface area contributed by atoms with Crippen molar-refractivity contribution < 1.29 is 19.1 Å². The molecule has 0 radical (unpaired) electrons. The number of carbonyl (C=O) groups is 2. The first kappa shape index (κ1) is 20.6. The molecule has 0 aliphatic carbocycles. The van der Waals surface area contributed by atoms with Crippen molar-refractivity contribution in [1.29, 1.82) is 0 Å². The van der Waals surface area contributed by atoms with E-state index in [1.807, 2.05) is 31.2 Å². The number of nitrogens with zero attached hydrogens (tertiary/aromatic N) is 1. The highest BCUT2D eigenvalue weighted by Gasteiger charge is 2.24.